The molecule has 0 aliphatic carbocycles. The minimum Gasteiger partial charge on any atom is -0.453 e. The molecule has 212 valence electrons. The molecule has 0 fully saturated rings. The van der Waals surface area contributed by atoms with E-state index in [1.54, 1.807) is 66.7 Å². The Morgan fingerprint density at radius 2 is 1.43 bits per heavy atom. The molecule has 9 nitrogen and oxygen atoms in total. The van der Waals surface area contributed by atoms with Gasteiger partial charge in [0.2, 0.25) is 5.91 Å². The fourth-order valence-corrected chi connectivity index (χ4v) is 4.86. The van der Waals surface area contributed by atoms with E-state index in [1.807, 2.05) is 36.4 Å². The molecule has 1 aliphatic heterocycles. The number of hydrogen-bond acceptors (Lipinski definition) is 5. The maximum Gasteiger partial charge on any atom is 0.319 e. The lowest BCUT2D eigenvalue weighted by Crippen LogP contribution is -2.40. The number of carbonyl (C=O) groups excluding carboxylic acids is 4. The third kappa shape index (κ3) is 6.64. The van der Waals surface area contributed by atoms with Gasteiger partial charge >= 0.3 is 12.0 Å². The van der Waals surface area contributed by atoms with Gasteiger partial charge in [-0.15, -0.1) is 0 Å². The molecule has 1 aliphatic rings. The Labute approximate surface area is 243 Å². The van der Waals surface area contributed by atoms with Gasteiger partial charge in [0.15, 0.2) is 6.10 Å². The summed E-state index contributed by atoms with van der Waals surface area (Å²) < 4.78 is 5.65. The number of benzene rings is 4. The average Bonchev–Trinajstić information content (AvgIpc) is 3.09. The number of hydrogen-bond donors (Lipinski definition) is 3. The minimum atomic E-state index is -0.785. The maximum atomic E-state index is 13.7. The topological polar surface area (TPSA) is 117 Å². The lowest BCUT2D eigenvalue weighted by molar-refractivity contribution is -0.144. The van der Waals surface area contributed by atoms with Crippen molar-refractivity contribution in [1.29, 1.82) is 0 Å². The minimum absolute atomic E-state index is 0.191. The van der Waals surface area contributed by atoms with Gasteiger partial charge in [0.1, 0.15) is 6.54 Å². The number of para-hydroxylation sites is 1. The van der Waals surface area contributed by atoms with Gasteiger partial charge in [0, 0.05) is 42.4 Å². The zero-order valence-corrected chi connectivity index (χ0v) is 23.0. The number of nitrogens with zero attached hydrogens (tertiary/aromatic N) is 1. The first kappa shape index (κ1) is 28.1. The highest BCUT2D eigenvalue weighted by molar-refractivity contribution is 6.11. The van der Waals surface area contributed by atoms with E-state index in [1.165, 1.54) is 11.8 Å². The van der Waals surface area contributed by atoms with Gasteiger partial charge in [-0.1, -0.05) is 78.9 Å². The number of anilines is 2. The molecule has 0 bridgehead atoms. The molecule has 5 rings (SSSR count). The van der Waals surface area contributed by atoms with Crippen molar-refractivity contribution in [3.63, 3.8) is 0 Å². The maximum absolute atomic E-state index is 13.7. The number of rotatable bonds is 8. The van der Waals surface area contributed by atoms with Crippen LogP contribution in [0.1, 0.15) is 45.6 Å². The molecule has 1 heterocycles. The number of esters is 1. The molecule has 0 saturated carbocycles. The number of nitrogens with one attached hydrogen (secondary N) is 3. The van der Waals surface area contributed by atoms with E-state index in [0.717, 1.165) is 11.1 Å². The van der Waals surface area contributed by atoms with Crippen LogP contribution in [0.4, 0.5) is 16.2 Å². The number of carbonyl (C=O) groups is 4. The number of urea groups is 1. The molecule has 3 N–H and O–H groups in total. The average molecular weight is 563 g/mol. The van der Waals surface area contributed by atoms with E-state index in [9.17, 15) is 19.2 Å². The number of fused-ring (bicyclic) bond motifs is 2. The Morgan fingerprint density at radius 3 is 2.21 bits per heavy atom. The second kappa shape index (κ2) is 12.8. The van der Waals surface area contributed by atoms with Crippen molar-refractivity contribution < 1.29 is 23.9 Å². The van der Waals surface area contributed by atoms with E-state index in [0.29, 0.717) is 34.6 Å². The molecule has 4 amide bonds. The summed E-state index contributed by atoms with van der Waals surface area (Å²) in [5.41, 5.74) is 4.36. The van der Waals surface area contributed by atoms with Crippen LogP contribution in [-0.4, -0.2) is 30.4 Å². The molecule has 1 atom stereocenters. The summed E-state index contributed by atoms with van der Waals surface area (Å²) in [4.78, 5) is 52.6. The van der Waals surface area contributed by atoms with Crippen molar-refractivity contribution in [1.82, 2.24) is 10.6 Å². The van der Waals surface area contributed by atoms with Crippen molar-refractivity contribution in [3.8, 4) is 0 Å². The summed E-state index contributed by atoms with van der Waals surface area (Å²) in [6.07, 6.45) is -0.785. The van der Waals surface area contributed by atoms with Crippen LogP contribution in [0.15, 0.2) is 103 Å². The van der Waals surface area contributed by atoms with E-state index in [-0.39, 0.29) is 30.9 Å². The fourth-order valence-electron chi connectivity index (χ4n) is 4.86. The van der Waals surface area contributed by atoms with E-state index in [4.69, 9.17) is 4.74 Å². The van der Waals surface area contributed by atoms with Crippen molar-refractivity contribution in [3.05, 3.63) is 131 Å². The lowest BCUT2D eigenvalue weighted by atomic mass is 9.97. The van der Waals surface area contributed by atoms with Crippen LogP contribution in [0.2, 0.25) is 0 Å². The van der Waals surface area contributed by atoms with Crippen LogP contribution in [0, 0.1) is 0 Å². The van der Waals surface area contributed by atoms with Gasteiger partial charge in [-0.05, 0) is 35.4 Å². The standard InChI is InChI=1S/C33H30N4O5/c1-22(38)42-31-26-14-5-6-15-27(26)32(40)37(29-17-8-7-16-28(29)31)21-30(39)34-20-24-12-9-13-25(18-24)36-33(41)35-19-23-10-3-2-4-11-23/h2-18,31H,19-21H2,1H3,(H,34,39)(H2,35,36,41). The molecule has 0 radical (unpaired) electrons. The third-order valence-corrected chi connectivity index (χ3v) is 6.78. The van der Waals surface area contributed by atoms with Crippen LogP contribution in [0.5, 0.6) is 0 Å². The molecule has 42 heavy (non-hydrogen) atoms. The number of amides is 4. The van der Waals surface area contributed by atoms with Gasteiger partial charge in [0.05, 0.1) is 5.69 Å². The molecule has 4 aromatic carbocycles. The van der Waals surface area contributed by atoms with Crippen LogP contribution < -0.4 is 20.9 Å². The van der Waals surface area contributed by atoms with Gasteiger partial charge in [-0.3, -0.25) is 19.3 Å². The first-order valence-electron chi connectivity index (χ1n) is 13.5. The van der Waals surface area contributed by atoms with Crippen LogP contribution >= 0.6 is 0 Å². The van der Waals surface area contributed by atoms with E-state index < -0.39 is 12.1 Å². The summed E-state index contributed by atoms with van der Waals surface area (Å²) >= 11 is 0. The summed E-state index contributed by atoms with van der Waals surface area (Å²) in [5.74, 6) is -1.22. The second-order valence-electron chi connectivity index (χ2n) is 9.80. The van der Waals surface area contributed by atoms with Gasteiger partial charge in [0.25, 0.3) is 5.91 Å². The van der Waals surface area contributed by atoms with Crippen LogP contribution in [0.3, 0.4) is 0 Å². The van der Waals surface area contributed by atoms with E-state index in [2.05, 4.69) is 16.0 Å². The zero-order valence-electron chi connectivity index (χ0n) is 23.0. The Balaban J connectivity index is 1.26. The molecular formula is C33H30N4O5. The molecule has 0 spiro atoms. The Morgan fingerprint density at radius 1 is 0.762 bits per heavy atom. The highest BCUT2D eigenvalue weighted by Gasteiger charge is 2.34. The van der Waals surface area contributed by atoms with Crippen LogP contribution in [0.25, 0.3) is 0 Å². The first-order valence-corrected chi connectivity index (χ1v) is 13.5. The smallest absolute Gasteiger partial charge is 0.319 e. The first-order chi connectivity index (χ1) is 20.4. The molecule has 4 aromatic rings. The largest absolute Gasteiger partial charge is 0.453 e. The summed E-state index contributed by atoms with van der Waals surface area (Å²) in [7, 11) is 0. The third-order valence-electron chi connectivity index (χ3n) is 6.78. The Hall–Kier alpha value is -5.44. The van der Waals surface area contributed by atoms with Crippen molar-refractivity contribution in [2.75, 3.05) is 16.8 Å². The molecular weight excluding hydrogens is 532 g/mol. The number of ether oxygens (including phenoxy) is 1. The fraction of sp³-hybridized carbons (Fsp3) is 0.152. The summed E-state index contributed by atoms with van der Waals surface area (Å²) in [5, 5.41) is 8.49. The predicted octanol–water partition coefficient (Wildman–Crippen LogP) is 4.94. The van der Waals surface area contributed by atoms with E-state index >= 15 is 0 Å². The van der Waals surface area contributed by atoms with Gasteiger partial charge in [-0.2, -0.15) is 0 Å². The summed E-state index contributed by atoms with van der Waals surface area (Å²) in [6, 6.07) is 30.4. The lowest BCUT2D eigenvalue weighted by Gasteiger charge is -2.23. The van der Waals surface area contributed by atoms with Gasteiger partial charge in [-0.25, -0.2) is 4.79 Å². The highest BCUT2D eigenvalue weighted by atomic mass is 16.5. The van der Waals surface area contributed by atoms with Crippen molar-refractivity contribution in [2.45, 2.75) is 26.1 Å². The summed E-state index contributed by atoms with van der Waals surface area (Å²) in [6.45, 7) is 1.67. The Kier molecular flexibility index (Phi) is 8.58. The zero-order chi connectivity index (χ0) is 29.5. The SMILES string of the molecule is CC(=O)OC1c2ccccc2C(=O)N(CC(=O)NCc2cccc(NC(=O)NCc3ccccc3)c2)c2ccccc21. The highest BCUT2D eigenvalue weighted by Crippen LogP contribution is 2.39. The molecule has 0 saturated heterocycles. The van der Waals surface area contributed by atoms with Crippen molar-refractivity contribution >= 4 is 35.2 Å². The Bertz CT molecular complexity index is 1620. The van der Waals surface area contributed by atoms with Gasteiger partial charge < -0.3 is 20.7 Å². The monoisotopic (exact) mass is 562 g/mol. The normalized spacial score (nSPS) is 13.7. The van der Waals surface area contributed by atoms with Crippen molar-refractivity contribution in [2.24, 2.45) is 0 Å². The molecule has 0 aromatic heterocycles. The predicted molar refractivity (Wildman–Crippen MR) is 159 cm³/mol. The quantitative estimate of drug-likeness (QED) is 0.263. The second-order valence-corrected chi connectivity index (χ2v) is 9.80. The molecule has 9 heteroatoms. The van der Waals surface area contributed by atoms with Crippen LogP contribution in [-0.2, 0) is 27.4 Å². The molecule has 1 unspecified atom stereocenters.